The standard InChI is InChI=1S/C9H13ClN6O2S/c1-15(2)19(17,18)4-3-11-8-5-7(10)14-9-12-6-13-16(8)9/h5-6,11H,3-4H2,1-2H3. The molecule has 0 radical (unpaired) electrons. The summed E-state index contributed by atoms with van der Waals surface area (Å²) in [4.78, 5) is 7.88. The van der Waals surface area contributed by atoms with Crippen molar-refractivity contribution in [2.75, 3.05) is 31.7 Å². The molecule has 0 aliphatic rings. The van der Waals surface area contributed by atoms with E-state index in [1.165, 1.54) is 29.2 Å². The van der Waals surface area contributed by atoms with Crippen molar-refractivity contribution in [2.24, 2.45) is 0 Å². The van der Waals surface area contributed by atoms with Gasteiger partial charge in [-0.1, -0.05) is 11.6 Å². The van der Waals surface area contributed by atoms with E-state index in [2.05, 4.69) is 20.4 Å². The predicted octanol–water partition coefficient (Wildman–Crippen LogP) is 0.0810. The zero-order valence-electron chi connectivity index (χ0n) is 10.4. The third kappa shape index (κ3) is 3.11. The molecule has 0 fully saturated rings. The van der Waals surface area contributed by atoms with Gasteiger partial charge >= 0.3 is 0 Å². The second kappa shape index (κ2) is 5.27. The Labute approximate surface area is 115 Å². The van der Waals surface area contributed by atoms with Gasteiger partial charge in [0.1, 0.15) is 17.3 Å². The Kier molecular flexibility index (Phi) is 3.88. The second-order valence-corrected chi connectivity index (χ2v) is 6.65. The van der Waals surface area contributed by atoms with Crippen LogP contribution in [-0.4, -0.2) is 58.7 Å². The largest absolute Gasteiger partial charge is 0.369 e. The van der Waals surface area contributed by atoms with Gasteiger partial charge in [0.05, 0.1) is 5.75 Å². The Bertz CT molecular complexity index is 683. The van der Waals surface area contributed by atoms with Crippen LogP contribution in [0.25, 0.3) is 5.78 Å². The third-order valence-corrected chi connectivity index (χ3v) is 4.47. The van der Waals surface area contributed by atoms with Crippen molar-refractivity contribution in [3.8, 4) is 0 Å². The van der Waals surface area contributed by atoms with E-state index in [1.54, 1.807) is 6.07 Å². The Morgan fingerprint density at radius 1 is 1.47 bits per heavy atom. The van der Waals surface area contributed by atoms with Crippen molar-refractivity contribution in [3.05, 3.63) is 17.5 Å². The van der Waals surface area contributed by atoms with Gasteiger partial charge in [-0.15, -0.1) is 0 Å². The first-order valence-electron chi connectivity index (χ1n) is 5.40. The van der Waals surface area contributed by atoms with Crippen LogP contribution in [0.5, 0.6) is 0 Å². The lowest BCUT2D eigenvalue weighted by atomic mass is 10.5. The predicted molar refractivity (Wildman–Crippen MR) is 71.8 cm³/mol. The quantitative estimate of drug-likeness (QED) is 0.787. The number of halogens is 1. The Hall–Kier alpha value is -1.45. The molecule has 0 saturated heterocycles. The molecule has 8 nitrogen and oxygen atoms in total. The molecule has 0 aromatic carbocycles. The highest BCUT2D eigenvalue weighted by molar-refractivity contribution is 7.89. The molecule has 0 aliphatic carbocycles. The molecule has 104 valence electrons. The topological polar surface area (TPSA) is 92.5 Å². The number of anilines is 1. The summed E-state index contributed by atoms with van der Waals surface area (Å²) in [6.45, 7) is 0.232. The van der Waals surface area contributed by atoms with E-state index in [0.717, 1.165) is 0 Å². The lowest BCUT2D eigenvalue weighted by Gasteiger charge is -2.12. The summed E-state index contributed by atoms with van der Waals surface area (Å²) in [6, 6.07) is 1.56. The summed E-state index contributed by atoms with van der Waals surface area (Å²) in [5.74, 6) is 0.864. The fourth-order valence-corrected chi connectivity index (χ4v) is 2.30. The van der Waals surface area contributed by atoms with Crippen molar-refractivity contribution < 1.29 is 8.42 Å². The Morgan fingerprint density at radius 2 is 2.21 bits per heavy atom. The minimum atomic E-state index is -3.24. The monoisotopic (exact) mass is 304 g/mol. The molecule has 19 heavy (non-hydrogen) atoms. The molecule has 1 N–H and O–H groups in total. The molecule has 0 spiro atoms. The minimum absolute atomic E-state index is 0.0316. The summed E-state index contributed by atoms with van der Waals surface area (Å²) >= 11 is 5.84. The molecule has 0 unspecified atom stereocenters. The summed E-state index contributed by atoms with van der Waals surface area (Å²) in [7, 11) is -0.253. The molecule has 0 atom stereocenters. The van der Waals surface area contributed by atoms with Gasteiger partial charge in [-0.3, -0.25) is 0 Å². The number of hydrogen-bond acceptors (Lipinski definition) is 6. The summed E-state index contributed by atoms with van der Waals surface area (Å²) in [5, 5.41) is 7.19. The zero-order chi connectivity index (χ0) is 14.0. The first-order valence-corrected chi connectivity index (χ1v) is 7.39. The minimum Gasteiger partial charge on any atom is -0.369 e. The van der Waals surface area contributed by atoms with Crippen LogP contribution in [-0.2, 0) is 10.0 Å². The molecular weight excluding hydrogens is 292 g/mol. The molecule has 2 aromatic rings. The van der Waals surface area contributed by atoms with Crippen molar-refractivity contribution in [3.63, 3.8) is 0 Å². The van der Waals surface area contributed by atoms with Gasteiger partial charge in [-0.25, -0.2) is 12.7 Å². The highest BCUT2D eigenvalue weighted by atomic mass is 35.5. The van der Waals surface area contributed by atoms with Crippen LogP contribution in [0.1, 0.15) is 0 Å². The number of fused-ring (bicyclic) bond motifs is 1. The van der Waals surface area contributed by atoms with Crippen molar-refractivity contribution in [1.29, 1.82) is 0 Å². The SMILES string of the molecule is CN(C)S(=O)(=O)CCNc1cc(Cl)nc2ncnn12. The number of nitrogens with zero attached hydrogens (tertiary/aromatic N) is 5. The average Bonchev–Trinajstić information content (AvgIpc) is 2.76. The molecule has 0 saturated carbocycles. The number of hydrogen-bond donors (Lipinski definition) is 1. The molecule has 2 heterocycles. The normalized spacial score (nSPS) is 12.2. The van der Waals surface area contributed by atoms with Gasteiger partial charge < -0.3 is 5.32 Å². The molecule has 2 rings (SSSR count). The summed E-state index contributed by atoms with van der Waals surface area (Å²) in [5.41, 5.74) is 0. The van der Waals surface area contributed by atoms with E-state index in [1.807, 2.05) is 0 Å². The van der Waals surface area contributed by atoms with Gasteiger partial charge in [-0.2, -0.15) is 19.6 Å². The van der Waals surface area contributed by atoms with E-state index in [4.69, 9.17) is 11.6 Å². The molecular formula is C9H13ClN6O2S. The average molecular weight is 305 g/mol. The Morgan fingerprint density at radius 3 is 2.89 bits per heavy atom. The third-order valence-electron chi connectivity index (χ3n) is 2.44. The van der Waals surface area contributed by atoms with Gasteiger partial charge in [0, 0.05) is 26.7 Å². The van der Waals surface area contributed by atoms with Crippen LogP contribution < -0.4 is 5.32 Å². The summed E-state index contributed by atoms with van der Waals surface area (Å²) < 4.78 is 25.9. The maximum absolute atomic E-state index is 11.6. The fourth-order valence-electron chi connectivity index (χ4n) is 1.40. The highest BCUT2D eigenvalue weighted by Crippen LogP contribution is 2.14. The van der Waals surface area contributed by atoms with Crippen molar-refractivity contribution >= 4 is 33.2 Å². The molecule has 0 aliphatic heterocycles. The Balaban J connectivity index is 2.12. The van der Waals surface area contributed by atoms with Crippen LogP contribution in [0.2, 0.25) is 5.15 Å². The van der Waals surface area contributed by atoms with Gasteiger partial charge in [0.25, 0.3) is 5.78 Å². The lowest BCUT2D eigenvalue weighted by molar-refractivity contribution is 0.521. The van der Waals surface area contributed by atoms with Crippen LogP contribution in [0, 0.1) is 0 Å². The zero-order valence-corrected chi connectivity index (χ0v) is 12.0. The van der Waals surface area contributed by atoms with E-state index in [9.17, 15) is 8.42 Å². The number of nitrogens with one attached hydrogen (secondary N) is 1. The molecule has 10 heteroatoms. The van der Waals surface area contributed by atoms with Crippen molar-refractivity contribution in [1.82, 2.24) is 23.9 Å². The second-order valence-electron chi connectivity index (χ2n) is 3.96. The number of rotatable bonds is 5. The first kappa shape index (κ1) is 14.0. The maximum atomic E-state index is 11.6. The van der Waals surface area contributed by atoms with Gasteiger partial charge in [-0.05, 0) is 0 Å². The maximum Gasteiger partial charge on any atom is 0.255 e. The van der Waals surface area contributed by atoms with E-state index in [0.29, 0.717) is 11.6 Å². The summed E-state index contributed by atoms with van der Waals surface area (Å²) in [6.07, 6.45) is 1.35. The van der Waals surface area contributed by atoms with Crippen LogP contribution in [0.4, 0.5) is 5.82 Å². The molecule has 0 amide bonds. The molecule has 2 aromatic heterocycles. The van der Waals surface area contributed by atoms with Gasteiger partial charge in [0.15, 0.2) is 0 Å². The number of aromatic nitrogens is 4. The smallest absolute Gasteiger partial charge is 0.255 e. The fraction of sp³-hybridized carbons (Fsp3) is 0.444. The number of sulfonamides is 1. The lowest BCUT2D eigenvalue weighted by Crippen LogP contribution is -2.28. The van der Waals surface area contributed by atoms with E-state index < -0.39 is 10.0 Å². The van der Waals surface area contributed by atoms with E-state index in [-0.39, 0.29) is 17.5 Å². The van der Waals surface area contributed by atoms with Crippen LogP contribution in [0.3, 0.4) is 0 Å². The van der Waals surface area contributed by atoms with Crippen LogP contribution in [0.15, 0.2) is 12.4 Å². The highest BCUT2D eigenvalue weighted by Gasteiger charge is 2.13. The first-order chi connectivity index (χ1) is 8.90. The van der Waals surface area contributed by atoms with Crippen molar-refractivity contribution in [2.45, 2.75) is 0 Å². The molecule has 0 bridgehead atoms. The van der Waals surface area contributed by atoms with Gasteiger partial charge in [0.2, 0.25) is 10.0 Å². The van der Waals surface area contributed by atoms with Crippen LogP contribution >= 0.6 is 11.6 Å². The van der Waals surface area contributed by atoms with E-state index >= 15 is 0 Å².